The Morgan fingerprint density at radius 2 is 2.15 bits per heavy atom. The number of hydrogen-bond donors (Lipinski definition) is 3. The monoisotopic (exact) mass is 310 g/mol. The minimum Gasteiger partial charge on any atom is -0.362 e. The van der Waals surface area contributed by atoms with E-state index in [1.165, 1.54) is 11.1 Å². The van der Waals surface area contributed by atoms with Crippen LogP contribution in [-0.2, 0) is 6.42 Å². The second-order valence-electron chi connectivity index (χ2n) is 4.53. The summed E-state index contributed by atoms with van der Waals surface area (Å²) >= 11 is 5.28. The number of thiocarbonyl (C=S) groups is 1. The number of aromatic amines is 1. The smallest absolute Gasteiger partial charge is 0.170 e. The molecular formula is C14H19ClN4S. The number of nitrogens with one attached hydrogen (secondary N) is 3. The topological polar surface area (TPSA) is 52.7 Å². The summed E-state index contributed by atoms with van der Waals surface area (Å²) in [6, 6.07) is 6.26. The summed E-state index contributed by atoms with van der Waals surface area (Å²) < 4.78 is 0. The van der Waals surface area contributed by atoms with Crippen LogP contribution in [0.5, 0.6) is 0 Å². The molecule has 0 bridgehead atoms. The number of halogens is 1. The van der Waals surface area contributed by atoms with Crippen LogP contribution < -0.4 is 10.6 Å². The Labute approximate surface area is 130 Å². The van der Waals surface area contributed by atoms with Crippen molar-refractivity contribution in [3.8, 4) is 0 Å². The first-order valence-corrected chi connectivity index (χ1v) is 6.65. The Hall–Kier alpha value is -1.59. The van der Waals surface area contributed by atoms with Crippen molar-refractivity contribution >= 4 is 35.4 Å². The summed E-state index contributed by atoms with van der Waals surface area (Å²) in [5.41, 5.74) is 4.59. The molecule has 0 saturated carbocycles. The maximum Gasteiger partial charge on any atom is 0.170 e. The molecule has 0 spiro atoms. The van der Waals surface area contributed by atoms with E-state index in [-0.39, 0.29) is 12.4 Å². The molecule has 0 unspecified atom stereocenters. The molecular weight excluding hydrogens is 292 g/mol. The Bertz CT molecular complexity index is 554. The Morgan fingerprint density at radius 3 is 2.80 bits per heavy atom. The highest BCUT2D eigenvalue weighted by atomic mass is 35.5. The van der Waals surface area contributed by atoms with Crippen LogP contribution in [0, 0.1) is 13.8 Å². The van der Waals surface area contributed by atoms with E-state index in [4.69, 9.17) is 12.2 Å². The highest BCUT2D eigenvalue weighted by Gasteiger charge is 2.01. The number of rotatable bonds is 4. The van der Waals surface area contributed by atoms with Gasteiger partial charge in [0.05, 0.1) is 6.33 Å². The molecule has 3 N–H and O–H groups in total. The third-order valence-corrected chi connectivity index (χ3v) is 3.11. The largest absolute Gasteiger partial charge is 0.362 e. The average Bonchev–Trinajstić information content (AvgIpc) is 2.86. The van der Waals surface area contributed by atoms with Gasteiger partial charge in [0.25, 0.3) is 0 Å². The fourth-order valence-electron chi connectivity index (χ4n) is 1.85. The lowest BCUT2D eigenvalue weighted by Crippen LogP contribution is -2.30. The van der Waals surface area contributed by atoms with E-state index in [1.54, 1.807) is 6.33 Å². The molecule has 0 amide bonds. The molecule has 2 aromatic rings. The molecule has 20 heavy (non-hydrogen) atoms. The summed E-state index contributed by atoms with van der Waals surface area (Å²) in [7, 11) is 0. The minimum absolute atomic E-state index is 0. The molecule has 0 aliphatic heterocycles. The number of H-pyrrole nitrogens is 1. The first-order chi connectivity index (χ1) is 9.15. The number of benzene rings is 1. The molecule has 0 atom stereocenters. The van der Waals surface area contributed by atoms with Gasteiger partial charge in [-0.05, 0) is 37.7 Å². The standard InChI is InChI=1S/C14H18N4S.ClH/c1-10-3-4-13(11(2)7-10)18-14(19)16-6-5-12-8-15-9-17-12;/h3-4,7-9H,5-6H2,1-2H3,(H,15,17)(H2,16,18,19);1H. The molecule has 1 heterocycles. The van der Waals surface area contributed by atoms with Gasteiger partial charge in [-0.1, -0.05) is 17.7 Å². The highest BCUT2D eigenvalue weighted by Crippen LogP contribution is 2.15. The van der Waals surface area contributed by atoms with Gasteiger partial charge in [-0.2, -0.15) is 0 Å². The number of imidazole rings is 1. The van der Waals surface area contributed by atoms with Crippen molar-refractivity contribution < 1.29 is 0 Å². The Kier molecular flexibility index (Phi) is 6.48. The fraction of sp³-hybridized carbons (Fsp3) is 0.286. The van der Waals surface area contributed by atoms with Gasteiger partial charge >= 0.3 is 0 Å². The van der Waals surface area contributed by atoms with Crippen molar-refractivity contribution in [2.45, 2.75) is 20.3 Å². The van der Waals surface area contributed by atoms with Crippen LogP contribution in [0.1, 0.15) is 16.8 Å². The zero-order chi connectivity index (χ0) is 13.7. The fourth-order valence-corrected chi connectivity index (χ4v) is 2.06. The molecule has 0 aliphatic rings. The predicted octanol–water partition coefficient (Wildman–Crippen LogP) is 2.98. The first-order valence-electron chi connectivity index (χ1n) is 6.24. The maximum absolute atomic E-state index is 5.28. The number of aromatic nitrogens is 2. The molecule has 0 radical (unpaired) electrons. The zero-order valence-electron chi connectivity index (χ0n) is 11.6. The quantitative estimate of drug-likeness (QED) is 0.760. The van der Waals surface area contributed by atoms with E-state index < -0.39 is 0 Å². The van der Waals surface area contributed by atoms with Crippen LogP contribution in [0.4, 0.5) is 5.69 Å². The van der Waals surface area contributed by atoms with E-state index in [1.807, 2.05) is 12.3 Å². The van der Waals surface area contributed by atoms with Crippen molar-refractivity contribution in [2.24, 2.45) is 0 Å². The van der Waals surface area contributed by atoms with Gasteiger partial charge in [0, 0.05) is 30.5 Å². The van der Waals surface area contributed by atoms with Crippen LogP contribution in [0.2, 0.25) is 0 Å². The van der Waals surface area contributed by atoms with Crippen molar-refractivity contribution in [1.29, 1.82) is 0 Å². The lowest BCUT2D eigenvalue weighted by Gasteiger charge is -2.12. The molecule has 0 saturated heterocycles. The summed E-state index contributed by atoms with van der Waals surface area (Å²) in [5.74, 6) is 0. The van der Waals surface area contributed by atoms with Crippen LogP contribution >= 0.6 is 24.6 Å². The van der Waals surface area contributed by atoms with Gasteiger partial charge in [0.15, 0.2) is 5.11 Å². The van der Waals surface area contributed by atoms with Crippen LogP contribution in [0.15, 0.2) is 30.7 Å². The SMILES string of the molecule is Cc1ccc(NC(=S)NCCc2cnc[nH]2)c(C)c1.Cl. The van der Waals surface area contributed by atoms with Crippen molar-refractivity contribution in [1.82, 2.24) is 15.3 Å². The second-order valence-corrected chi connectivity index (χ2v) is 4.93. The molecule has 2 rings (SSSR count). The van der Waals surface area contributed by atoms with E-state index in [0.29, 0.717) is 5.11 Å². The van der Waals surface area contributed by atoms with Gasteiger partial charge in [-0.25, -0.2) is 4.98 Å². The zero-order valence-corrected chi connectivity index (χ0v) is 13.2. The van der Waals surface area contributed by atoms with Crippen LogP contribution in [-0.4, -0.2) is 21.6 Å². The van der Waals surface area contributed by atoms with Crippen molar-refractivity contribution in [3.63, 3.8) is 0 Å². The molecule has 1 aromatic heterocycles. The third-order valence-electron chi connectivity index (χ3n) is 2.86. The normalized spacial score (nSPS) is 9.70. The summed E-state index contributed by atoms with van der Waals surface area (Å²) in [6.07, 6.45) is 4.37. The lowest BCUT2D eigenvalue weighted by molar-refractivity contribution is 0.853. The van der Waals surface area contributed by atoms with E-state index in [9.17, 15) is 0 Å². The predicted molar refractivity (Wildman–Crippen MR) is 89.7 cm³/mol. The number of nitrogens with zero attached hydrogens (tertiary/aromatic N) is 1. The number of hydrogen-bond acceptors (Lipinski definition) is 2. The second kappa shape index (κ2) is 7.87. The number of anilines is 1. The van der Waals surface area contributed by atoms with Gasteiger partial charge in [0.1, 0.15) is 0 Å². The molecule has 108 valence electrons. The molecule has 1 aromatic carbocycles. The van der Waals surface area contributed by atoms with Crippen LogP contribution in [0.3, 0.4) is 0 Å². The van der Waals surface area contributed by atoms with Gasteiger partial charge in [0.2, 0.25) is 0 Å². The summed E-state index contributed by atoms with van der Waals surface area (Å²) in [6.45, 7) is 4.93. The Balaban J connectivity index is 0.00000200. The van der Waals surface area contributed by atoms with Crippen LogP contribution in [0.25, 0.3) is 0 Å². The van der Waals surface area contributed by atoms with Gasteiger partial charge in [-0.15, -0.1) is 12.4 Å². The molecule has 0 aliphatic carbocycles. The summed E-state index contributed by atoms with van der Waals surface area (Å²) in [4.78, 5) is 7.04. The average molecular weight is 311 g/mol. The van der Waals surface area contributed by atoms with E-state index in [2.05, 4.69) is 46.6 Å². The van der Waals surface area contributed by atoms with Gasteiger partial charge < -0.3 is 15.6 Å². The molecule has 6 heteroatoms. The highest BCUT2D eigenvalue weighted by molar-refractivity contribution is 7.80. The van der Waals surface area contributed by atoms with E-state index >= 15 is 0 Å². The lowest BCUT2D eigenvalue weighted by atomic mass is 10.1. The minimum atomic E-state index is 0. The third kappa shape index (κ3) is 4.83. The first kappa shape index (κ1) is 16.5. The van der Waals surface area contributed by atoms with E-state index in [0.717, 1.165) is 24.3 Å². The van der Waals surface area contributed by atoms with Crippen molar-refractivity contribution in [2.75, 3.05) is 11.9 Å². The summed E-state index contributed by atoms with van der Waals surface area (Å²) in [5, 5.41) is 7.04. The maximum atomic E-state index is 5.28. The molecule has 0 fully saturated rings. The molecule has 4 nitrogen and oxygen atoms in total. The van der Waals surface area contributed by atoms with Gasteiger partial charge in [-0.3, -0.25) is 0 Å². The van der Waals surface area contributed by atoms with Crippen molar-refractivity contribution in [3.05, 3.63) is 47.5 Å². The Morgan fingerprint density at radius 1 is 1.35 bits per heavy atom. The number of aryl methyl sites for hydroxylation is 2.